The summed E-state index contributed by atoms with van der Waals surface area (Å²) >= 11 is 0. The van der Waals surface area contributed by atoms with Crippen molar-refractivity contribution in [3.8, 4) is 11.5 Å². The molecule has 0 N–H and O–H groups in total. The summed E-state index contributed by atoms with van der Waals surface area (Å²) in [7, 11) is 0. The summed E-state index contributed by atoms with van der Waals surface area (Å²) in [6, 6.07) is 9.85. The van der Waals surface area contributed by atoms with Crippen molar-refractivity contribution in [1.82, 2.24) is 9.47 Å². The first-order valence-corrected chi connectivity index (χ1v) is 10.7. The number of hydrogen-bond donors (Lipinski definition) is 0. The number of aryl methyl sites for hydroxylation is 1. The van der Waals surface area contributed by atoms with Crippen molar-refractivity contribution in [3.63, 3.8) is 0 Å². The highest BCUT2D eigenvalue weighted by Crippen LogP contribution is 2.32. The number of para-hydroxylation sites is 2. The maximum absolute atomic E-state index is 13.2. The number of carbonyl (C=O) groups is 1. The van der Waals surface area contributed by atoms with Gasteiger partial charge in [0.25, 0.3) is 0 Å². The van der Waals surface area contributed by atoms with Crippen LogP contribution in [0.4, 0.5) is 0 Å². The highest BCUT2D eigenvalue weighted by Gasteiger charge is 2.40. The van der Waals surface area contributed by atoms with Crippen molar-refractivity contribution in [1.29, 1.82) is 0 Å². The molecule has 0 saturated carbocycles. The standard InChI is InChI=1S/C23H30N3O3/c1-17-13-20(21(27)15-26-10-7-24(8-11-26)9-12-26)18(2)25(17)14-19-16-28-22-5-3-4-6-23(22)29-19/h3-6,13,19H,7-12,14-16H2,1-2H3/q+1/t19-/m0/s1. The van der Waals surface area contributed by atoms with E-state index in [0.717, 1.165) is 72.2 Å². The molecular formula is C23H30N3O3+. The third-order valence-electron chi connectivity index (χ3n) is 6.98. The predicted octanol–water partition coefficient (Wildman–Crippen LogP) is 2.27. The Labute approximate surface area is 172 Å². The molecule has 6 nitrogen and oxygen atoms in total. The first-order chi connectivity index (χ1) is 14.0. The smallest absolute Gasteiger partial charge is 0.218 e. The third-order valence-corrected chi connectivity index (χ3v) is 6.98. The summed E-state index contributed by atoms with van der Waals surface area (Å²) in [5.41, 5.74) is 3.03. The molecule has 1 atom stereocenters. The monoisotopic (exact) mass is 396 g/mol. The van der Waals surface area contributed by atoms with Gasteiger partial charge in [0.05, 0.1) is 26.2 Å². The average molecular weight is 397 g/mol. The minimum atomic E-state index is -0.0605. The quantitative estimate of drug-likeness (QED) is 0.575. The number of piperazine rings is 3. The second-order valence-electron chi connectivity index (χ2n) is 8.83. The number of nitrogens with zero attached hydrogens (tertiary/aromatic N) is 3. The molecule has 3 saturated heterocycles. The average Bonchev–Trinajstić information content (AvgIpc) is 3.03. The molecular weight excluding hydrogens is 366 g/mol. The first-order valence-electron chi connectivity index (χ1n) is 10.7. The number of benzene rings is 1. The molecule has 2 bridgehead atoms. The summed E-state index contributed by atoms with van der Waals surface area (Å²) in [6.45, 7) is 12.7. The fourth-order valence-electron chi connectivity index (χ4n) is 5.08. The first kappa shape index (κ1) is 18.7. The van der Waals surface area contributed by atoms with E-state index in [9.17, 15) is 4.79 Å². The second kappa shape index (κ2) is 7.18. The maximum atomic E-state index is 13.2. The van der Waals surface area contributed by atoms with Crippen LogP contribution in [-0.4, -0.2) is 78.3 Å². The molecule has 29 heavy (non-hydrogen) atoms. The maximum Gasteiger partial charge on any atom is 0.218 e. The lowest BCUT2D eigenvalue weighted by Gasteiger charge is -2.50. The van der Waals surface area contributed by atoms with Gasteiger partial charge in [-0.15, -0.1) is 0 Å². The number of ketones is 1. The zero-order chi connectivity index (χ0) is 20.0. The van der Waals surface area contributed by atoms with E-state index < -0.39 is 0 Å². The molecule has 0 aliphatic carbocycles. The van der Waals surface area contributed by atoms with E-state index in [1.54, 1.807) is 0 Å². The normalized spacial score (nSPS) is 27.8. The Morgan fingerprint density at radius 2 is 1.79 bits per heavy atom. The minimum Gasteiger partial charge on any atom is -0.486 e. The van der Waals surface area contributed by atoms with Gasteiger partial charge in [0.2, 0.25) is 5.78 Å². The van der Waals surface area contributed by atoms with E-state index >= 15 is 0 Å². The van der Waals surface area contributed by atoms with Crippen LogP contribution in [0.15, 0.2) is 30.3 Å². The fourth-order valence-corrected chi connectivity index (χ4v) is 5.08. The molecule has 1 aromatic carbocycles. The van der Waals surface area contributed by atoms with Crippen LogP contribution >= 0.6 is 0 Å². The van der Waals surface area contributed by atoms with Gasteiger partial charge in [0, 0.05) is 36.6 Å². The Morgan fingerprint density at radius 3 is 2.52 bits per heavy atom. The van der Waals surface area contributed by atoms with Crippen LogP contribution in [0.1, 0.15) is 21.7 Å². The van der Waals surface area contributed by atoms with Crippen molar-refractivity contribution in [2.75, 3.05) is 52.4 Å². The summed E-state index contributed by atoms with van der Waals surface area (Å²) in [6.07, 6.45) is -0.0605. The van der Waals surface area contributed by atoms with Crippen molar-refractivity contribution >= 4 is 5.78 Å². The summed E-state index contributed by atoms with van der Waals surface area (Å²) in [5.74, 6) is 1.88. The van der Waals surface area contributed by atoms with E-state index in [1.165, 1.54) is 0 Å². The molecule has 154 valence electrons. The molecule has 4 aliphatic rings. The second-order valence-corrected chi connectivity index (χ2v) is 8.83. The number of fused-ring (bicyclic) bond motifs is 4. The Bertz CT molecular complexity index is 914. The third kappa shape index (κ3) is 3.45. The van der Waals surface area contributed by atoms with E-state index in [0.29, 0.717) is 19.7 Å². The number of quaternary nitrogens is 1. The van der Waals surface area contributed by atoms with Crippen molar-refractivity contribution in [2.45, 2.75) is 26.5 Å². The van der Waals surface area contributed by atoms with Gasteiger partial charge in [-0.3, -0.25) is 9.69 Å². The van der Waals surface area contributed by atoms with Gasteiger partial charge in [-0.25, -0.2) is 0 Å². The van der Waals surface area contributed by atoms with Gasteiger partial charge < -0.3 is 18.5 Å². The lowest BCUT2D eigenvalue weighted by atomic mass is 10.1. The molecule has 4 aliphatic heterocycles. The van der Waals surface area contributed by atoms with Crippen LogP contribution in [0.25, 0.3) is 0 Å². The van der Waals surface area contributed by atoms with Gasteiger partial charge in [0.1, 0.15) is 13.2 Å². The van der Waals surface area contributed by atoms with Gasteiger partial charge in [-0.1, -0.05) is 12.1 Å². The van der Waals surface area contributed by atoms with Gasteiger partial charge >= 0.3 is 0 Å². The number of ether oxygens (including phenoxy) is 2. The summed E-state index contributed by atoms with van der Waals surface area (Å²) in [4.78, 5) is 15.8. The molecule has 6 rings (SSSR count). The topological polar surface area (TPSA) is 43.7 Å². The largest absolute Gasteiger partial charge is 0.486 e. The predicted molar refractivity (Wildman–Crippen MR) is 111 cm³/mol. The SMILES string of the molecule is Cc1cc(C(=O)C[N+]23CCN(CC2)CC3)c(C)n1C[C@H]1COc2ccccc2O1. The molecule has 0 radical (unpaired) electrons. The van der Waals surface area contributed by atoms with Gasteiger partial charge in [-0.05, 0) is 32.0 Å². The molecule has 3 fully saturated rings. The molecule has 2 aromatic rings. The number of aromatic nitrogens is 1. The van der Waals surface area contributed by atoms with Crippen molar-refractivity contribution in [3.05, 3.63) is 47.3 Å². The minimum absolute atomic E-state index is 0.0605. The molecule has 0 spiro atoms. The Kier molecular flexibility index (Phi) is 4.63. The van der Waals surface area contributed by atoms with Crippen molar-refractivity contribution in [2.24, 2.45) is 0 Å². The van der Waals surface area contributed by atoms with E-state index in [4.69, 9.17) is 9.47 Å². The fraction of sp³-hybridized carbons (Fsp3) is 0.522. The lowest BCUT2D eigenvalue weighted by molar-refractivity contribution is -0.933. The van der Waals surface area contributed by atoms with E-state index in [1.807, 2.05) is 24.3 Å². The summed E-state index contributed by atoms with van der Waals surface area (Å²) in [5, 5.41) is 0. The number of carbonyl (C=O) groups excluding carboxylic acids is 1. The molecule has 0 unspecified atom stereocenters. The van der Waals surface area contributed by atoms with Crippen molar-refractivity contribution < 1.29 is 18.8 Å². The molecule has 0 amide bonds. The number of hydrogen-bond acceptors (Lipinski definition) is 4. The van der Waals surface area contributed by atoms with Gasteiger partial charge in [0.15, 0.2) is 17.6 Å². The number of rotatable bonds is 5. The van der Waals surface area contributed by atoms with E-state index in [-0.39, 0.29) is 11.9 Å². The lowest BCUT2D eigenvalue weighted by Crippen LogP contribution is -2.68. The van der Waals surface area contributed by atoms with Crippen LogP contribution in [0.3, 0.4) is 0 Å². The zero-order valence-corrected chi connectivity index (χ0v) is 17.4. The highest BCUT2D eigenvalue weighted by atomic mass is 16.6. The molecule has 5 heterocycles. The van der Waals surface area contributed by atoms with Crippen LogP contribution in [0, 0.1) is 13.8 Å². The molecule has 1 aromatic heterocycles. The number of Topliss-reactive ketones (excluding diaryl/α,β-unsaturated/α-hetero) is 1. The molecule has 6 heteroatoms. The highest BCUT2D eigenvalue weighted by molar-refractivity contribution is 5.98. The Morgan fingerprint density at radius 1 is 1.10 bits per heavy atom. The van der Waals surface area contributed by atoms with Crippen LogP contribution in [0.5, 0.6) is 11.5 Å². The van der Waals surface area contributed by atoms with Crippen LogP contribution in [-0.2, 0) is 6.54 Å². The zero-order valence-electron chi connectivity index (χ0n) is 17.4. The van der Waals surface area contributed by atoms with Crippen LogP contribution < -0.4 is 9.47 Å². The summed E-state index contributed by atoms with van der Waals surface area (Å²) < 4.78 is 15.2. The van der Waals surface area contributed by atoms with Crippen LogP contribution in [0.2, 0.25) is 0 Å². The Hall–Kier alpha value is -2.31. The van der Waals surface area contributed by atoms with Gasteiger partial charge in [-0.2, -0.15) is 0 Å². The Balaban J connectivity index is 1.31. The van der Waals surface area contributed by atoms with E-state index in [2.05, 4.69) is 29.4 Å².